The van der Waals surface area contributed by atoms with Crippen LogP contribution in [-0.4, -0.2) is 26.9 Å². The molecule has 0 unspecified atom stereocenters. The van der Waals surface area contributed by atoms with Crippen LogP contribution in [0.25, 0.3) is 0 Å². The summed E-state index contributed by atoms with van der Waals surface area (Å²) in [6, 6.07) is 0.348. The Labute approximate surface area is 91.2 Å². The van der Waals surface area contributed by atoms with E-state index in [1.165, 1.54) is 0 Å². The maximum absolute atomic E-state index is 5.33. The van der Waals surface area contributed by atoms with Crippen molar-refractivity contribution in [2.75, 3.05) is 11.9 Å². The normalized spacial score (nSPS) is 10.6. The van der Waals surface area contributed by atoms with Gasteiger partial charge >= 0.3 is 6.01 Å². The van der Waals surface area contributed by atoms with E-state index in [-0.39, 0.29) is 6.54 Å². The molecule has 16 heavy (non-hydrogen) atoms. The molecule has 2 rings (SSSR count). The number of anilines is 1. The first kappa shape index (κ1) is 10.6. The monoisotopic (exact) mass is 224 g/mol. The van der Waals surface area contributed by atoms with Crippen molar-refractivity contribution in [3.05, 3.63) is 17.6 Å². The molecule has 0 atom stereocenters. The Balaban J connectivity index is 1.79. The van der Waals surface area contributed by atoms with Crippen molar-refractivity contribution in [2.24, 2.45) is 5.73 Å². The number of nitrogens with one attached hydrogen (secondary N) is 1. The first-order valence-electron chi connectivity index (χ1n) is 4.83. The van der Waals surface area contributed by atoms with Crippen molar-refractivity contribution in [1.82, 2.24) is 20.3 Å². The average Bonchev–Trinajstić information content (AvgIpc) is 2.88. The predicted octanol–water partition coefficient (Wildman–Crippen LogP) is -0.126. The Morgan fingerprint density at radius 1 is 1.38 bits per heavy atom. The SMILES string of the molecule is Cc1nc(CCNc2nnc(CN)o2)no1. The van der Waals surface area contributed by atoms with Crippen molar-refractivity contribution >= 4 is 6.01 Å². The van der Waals surface area contributed by atoms with Crippen LogP contribution >= 0.6 is 0 Å². The molecule has 0 spiro atoms. The van der Waals surface area contributed by atoms with Crippen molar-refractivity contribution < 1.29 is 8.94 Å². The van der Waals surface area contributed by atoms with Gasteiger partial charge in [0.1, 0.15) is 0 Å². The highest BCUT2D eigenvalue weighted by Crippen LogP contribution is 2.04. The third-order valence-corrected chi connectivity index (χ3v) is 1.84. The minimum atomic E-state index is 0.235. The molecule has 0 aliphatic carbocycles. The van der Waals surface area contributed by atoms with Gasteiger partial charge in [-0.05, 0) is 0 Å². The van der Waals surface area contributed by atoms with Gasteiger partial charge in [0.15, 0.2) is 5.82 Å². The second-order valence-electron chi connectivity index (χ2n) is 3.11. The Morgan fingerprint density at radius 3 is 2.88 bits per heavy atom. The Hall–Kier alpha value is -1.96. The number of aryl methyl sites for hydroxylation is 1. The first-order valence-corrected chi connectivity index (χ1v) is 4.83. The van der Waals surface area contributed by atoms with Gasteiger partial charge in [-0.1, -0.05) is 10.3 Å². The number of nitrogens with zero attached hydrogens (tertiary/aromatic N) is 4. The molecule has 8 heteroatoms. The van der Waals surface area contributed by atoms with E-state index in [0.29, 0.717) is 36.6 Å². The van der Waals surface area contributed by atoms with E-state index in [4.69, 9.17) is 14.7 Å². The van der Waals surface area contributed by atoms with E-state index in [1.807, 2.05) is 0 Å². The molecule has 2 heterocycles. The van der Waals surface area contributed by atoms with E-state index in [1.54, 1.807) is 6.92 Å². The van der Waals surface area contributed by atoms with Gasteiger partial charge in [-0.2, -0.15) is 4.98 Å². The topological polar surface area (TPSA) is 116 Å². The van der Waals surface area contributed by atoms with Gasteiger partial charge in [-0.3, -0.25) is 0 Å². The van der Waals surface area contributed by atoms with E-state index < -0.39 is 0 Å². The molecule has 3 N–H and O–H groups in total. The molecule has 2 aromatic heterocycles. The molecule has 86 valence electrons. The van der Waals surface area contributed by atoms with Crippen LogP contribution in [0, 0.1) is 6.92 Å². The predicted molar refractivity (Wildman–Crippen MR) is 53.4 cm³/mol. The summed E-state index contributed by atoms with van der Waals surface area (Å²) in [5.74, 6) is 1.60. The van der Waals surface area contributed by atoms with E-state index >= 15 is 0 Å². The Kier molecular flexibility index (Phi) is 3.10. The van der Waals surface area contributed by atoms with Crippen LogP contribution in [0.4, 0.5) is 6.01 Å². The highest BCUT2D eigenvalue weighted by molar-refractivity contribution is 5.16. The summed E-state index contributed by atoms with van der Waals surface area (Å²) in [6.07, 6.45) is 0.623. The second-order valence-corrected chi connectivity index (χ2v) is 3.11. The van der Waals surface area contributed by atoms with Crippen molar-refractivity contribution in [1.29, 1.82) is 0 Å². The van der Waals surface area contributed by atoms with E-state index in [2.05, 4.69) is 25.7 Å². The lowest BCUT2D eigenvalue weighted by atomic mass is 10.4. The maximum Gasteiger partial charge on any atom is 0.315 e. The molecule has 0 amide bonds. The van der Waals surface area contributed by atoms with Crippen molar-refractivity contribution in [3.8, 4) is 0 Å². The standard InChI is InChI=1S/C8H12N6O2/c1-5-11-6(14-16-5)2-3-10-8-13-12-7(4-9)15-8/h2-4,9H2,1H3,(H,10,13). The lowest BCUT2D eigenvalue weighted by Crippen LogP contribution is -2.06. The zero-order valence-corrected chi connectivity index (χ0v) is 8.80. The molecular formula is C8H12N6O2. The summed E-state index contributed by atoms with van der Waals surface area (Å²) in [7, 11) is 0. The molecule has 0 saturated carbocycles. The lowest BCUT2D eigenvalue weighted by Gasteiger charge is -1.96. The molecule has 0 bridgehead atoms. The molecule has 0 saturated heterocycles. The fourth-order valence-electron chi connectivity index (χ4n) is 1.13. The highest BCUT2D eigenvalue weighted by Gasteiger charge is 2.05. The lowest BCUT2D eigenvalue weighted by molar-refractivity contribution is 0.387. The van der Waals surface area contributed by atoms with E-state index in [9.17, 15) is 0 Å². The van der Waals surface area contributed by atoms with Crippen molar-refractivity contribution in [2.45, 2.75) is 19.9 Å². The van der Waals surface area contributed by atoms with Crippen LogP contribution in [0.2, 0.25) is 0 Å². The van der Waals surface area contributed by atoms with Gasteiger partial charge < -0.3 is 20.0 Å². The smallest absolute Gasteiger partial charge is 0.315 e. The third-order valence-electron chi connectivity index (χ3n) is 1.84. The van der Waals surface area contributed by atoms with Crippen LogP contribution in [0.3, 0.4) is 0 Å². The van der Waals surface area contributed by atoms with Crippen LogP contribution in [0.5, 0.6) is 0 Å². The minimum Gasteiger partial charge on any atom is -0.407 e. The number of aromatic nitrogens is 4. The molecule has 0 aromatic carbocycles. The second kappa shape index (κ2) is 4.71. The average molecular weight is 224 g/mol. The fourth-order valence-corrected chi connectivity index (χ4v) is 1.13. The van der Waals surface area contributed by atoms with Gasteiger partial charge in [-0.15, -0.1) is 5.10 Å². The van der Waals surface area contributed by atoms with Crippen LogP contribution in [0.1, 0.15) is 17.6 Å². The van der Waals surface area contributed by atoms with E-state index in [0.717, 1.165) is 0 Å². The van der Waals surface area contributed by atoms with Crippen LogP contribution < -0.4 is 11.1 Å². The number of rotatable bonds is 5. The molecule has 0 aliphatic rings. The zero-order valence-electron chi connectivity index (χ0n) is 8.80. The summed E-state index contributed by atoms with van der Waals surface area (Å²) >= 11 is 0. The molecule has 0 aliphatic heterocycles. The van der Waals surface area contributed by atoms with Gasteiger partial charge in [0, 0.05) is 19.9 Å². The van der Waals surface area contributed by atoms with Gasteiger partial charge in [0.05, 0.1) is 6.54 Å². The minimum absolute atomic E-state index is 0.235. The van der Waals surface area contributed by atoms with Crippen LogP contribution in [-0.2, 0) is 13.0 Å². The number of hydrogen-bond acceptors (Lipinski definition) is 8. The highest BCUT2D eigenvalue weighted by atomic mass is 16.5. The van der Waals surface area contributed by atoms with Crippen molar-refractivity contribution in [3.63, 3.8) is 0 Å². The molecule has 2 aromatic rings. The first-order chi connectivity index (χ1) is 7.78. The summed E-state index contributed by atoms with van der Waals surface area (Å²) in [6.45, 7) is 2.57. The molecule has 0 fully saturated rings. The third kappa shape index (κ3) is 2.54. The Morgan fingerprint density at radius 2 is 2.25 bits per heavy atom. The van der Waals surface area contributed by atoms with Gasteiger partial charge in [-0.25, -0.2) is 0 Å². The van der Waals surface area contributed by atoms with Gasteiger partial charge in [0.2, 0.25) is 11.8 Å². The quantitative estimate of drug-likeness (QED) is 0.721. The summed E-state index contributed by atoms with van der Waals surface area (Å²) < 4.78 is 9.99. The summed E-state index contributed by atoms with van der Waals surface area (Å²) in [5, 5.41) is 14.2. The van der Waals surface area contributed by atoms with Crippen LogP contribution in [0.15, 0.2) is 8.94 Å². The largest absolute Gasteiger partial charge is 0.407 e. The maximum atomic E-state index is 5.33. The van der Waals surface area contributed by atoms with Gasteiger partial charge in [0.25, 0.3) is 0 Å². The fraction of sp³-hybridized carbons (Fsp3) is 0.500. The summed E-state index contributed by atoms with van der Waals surface area (Å²) in [4.78, 5) is 4.06. The number of hydrogen-bond donors (Lipinski definition) is 2. The number of nitrogens with two attached hydrogens (primary N) is 1. The molecular weight excluding hydrogens is 212 g/mol. The molecule has 0 radical (unpaired) electrons. The Bertz CT molecular complexity index is 451. The summed E-state index contributed by atoms with van der Waals surface area (Å²) in [5.41, 5.74) is 5.33. The molecule has 8 nitrogen and oxygen atoms in total. The zero-order chi connectivity index (χ0) is 11.4.